The van der Waals surface area contributed by atoms with Gasteiger partial charge in [-0.1, -0.05) is 42.5 Å². The first kappa shape index (κ1) is 14.5. The zero-order valence-corrected chi connectivity index (χ0v) is 13.3. The van der Waals surface area contributed by atoms with E-state index in [4.69, 9.17) is 9.47 Å². The lowest BCUT2D eigenvalue weighted by Gasteiger charge is -2.26. The molecule has 2 rings (SSSR count). The second kappa shape index (κ2) is 5.59. The molecule has 1 N–H and O–H groups in total. The number of aromatic hydroxyl groups is 1. The van der Waals surface area contributed by atoms with Crippen LogP contribution in [-0.2, 0) is 0 Å². The number of ether oxygens (including phenoxy) is 2. The van der Waals surface area contributed by atoms with Crippen LogP contribution < -0.4 is 19.8 Å². The van der Waals surface area contributed by atoms with Gasteiger partial charge >= 0.3 is 0 Å². The van der Waals surface area contributed by atoms with Crippen LogP contribution in [-0.4, -0.2) is 27.4 Å². The Hall–Kier alpha value is -1.94. The van der Waals surface area contributed by atoms with Gasteiger partial charge in [-0.25, -0.2) is 0 Å². The van der Waals surface area contributed by atoms with Crippen LogP contribution in [0.1, 0.15) is 0 Å². The highest BCUT2D eigenvalue weighted by Gasteiger charge is 2.30. The second-order valence-corrected chi connectivity index (χ2v) is 9.58. The zero-order valence-electron chi connectivity index (χ0n) is 12.3. The SMILES string of the molecule is COc1ccc([Si](C)(C)c2cccc(O)c2OC)cc1. The summed E-state index contributed by atoms with van der Waals surface area (Å²) < 4.78 is 10.6. The van der Waals surface area contributed by atoms with E-state index in [1.54, 1.807) is 20.3 Å². The van der Waals surface area contributed by atoms with Crippen molar-refractivity contribution in [2.75, 3.05) is 14.2 Å². The molecule has 0 saturated carbocycles. The molecule has 0 bridgehead atoms. The maximum atomic E-state index is 9.96. The van der Waals surface area contributed by atoms with Crippen molar-refractivity contribution in [1.29, 1.82) is 0 Å². The highest BCUT2D eigenvalue weighted by molar-refractivity contribution is 7.01. The summed E-state index contributed by atoms with van der Waals surface area (Å²) in [5, 5.41) is 12.3. The van der Waals surface area contributed by atoms with Gasteiger partial charge in [-0.2, -0.15) is 0 Å². The van der Waals surface area contributed by atoms with Crippen LogP contribution >= 0.6 is 0 Å². The Balaban J connectivity index is 2.50. The number of phenols is 1. The number of hydrogen-bond donors (Lipinski definition) is 1. The Labute approximate surface area is 120 Å². The fourth-order valence-corrected chi connectivity index (χ4v) is 5.02. The molecule has 0 aromatic heterocycles. The summed E-state index contributed by atoms with van der Waals surface area (Å²) in [6, 6.07) is 13.7. The van der Waals surface area contributed by atoms with E-state index >= 15 is 0 Å². The maximum absolute atomic E-state index is 9.96. The molecule has 4 heteroatoms. The molecule has 0 aliphatic heterocycles. The fraction of sp³-hybridized carbons (Fsp3) is 0.250. The lowest BCUT2D eigenvalue weighted by molar-refractivity contribution is 0.376. The molecule has 0 fully saturated rings. The highest BCUT2D eigenvalue weighted by atomic mass is 28.3. The van der Waals surface area contributed by atoms with Gasteiger partial charge < -0.3 is 14.6 Å². The van der Waals surface area contributed by atoms with Crippen molar-refractivity contribution in [3.05, 3.63) is 42.5 Å². The van der Waals surface area contributed by atoms with Gasteiger partial charge in [0.15, 0.2) is 11.5 Å². The molecule has 0 spiro atoms. The van der Waals surface area contributed by atoms with Gasteiger partial charge in [-0.05, 0) is 23.4 Å². The molecule has 0 heterocycles. The molecule has 0 aliphatic rings. The minimum absolute atomic E-state index is 0.194. The van der Waals surface area contributed by atoms with E-state index in [0.717, 1.165) is 10.9 Å². The van der Waals surface area contributed by atoms with Crippen LogP contribution in [0.25, 0.3) is 0 Å². The van der Waals surface area contributed by atoms with E-state index < -0.39 is 8.07 Å². The quantitative estimate of drug-likeness (QED) is 0.877. The van der Waals surface area contributed by atoms with Gasteiger partial charge in [0, 0.05) is 0 Å². The van der Waals surface area contributed by atoms with Crippen molar-refractivity contribution >= 4 is 18.4 Å². The van der Waals surface area contributed by atoms with E-state index in [-0.39, 0.29) is 5.75 Å². The summed E-state index contributed by atoms with van der Waals surface area (Å²) in [6.07, 6.45) is 0. The van der Waals surface area contributed by atoms with Crippen molar-refractivity contribution in [1.82, 2.24) is 0 Å². The van der Waals surface area contributed by atoms with Gasteiger partial charge in [0.25, 0.3) is 0 Å². The standard InChI is InChI=1S/C16H20O3Si/c1-18-12-8-10-13(11-9-12)20(3,4)15-7-5-6-14(17)16(15)19-2/h5-11,17H,1-4H3. The van der Waals surface area contributed by atoms with E-state index in [2.05, 4.69) is 25.2 Å². The smallest absolute Gasteiger partial charge is 0.160 e. The largest absolute Gasteiger partial charge is 0.504 e. The van der Waals surface area contributed by atoms with Gasteiger partial charge in [-0.15, -0.1) is 0 Å². The number of benzene rings is 2. The molecule has 0 saturated heterocycles. The number of methoxy groups -OCH3 is 2. The van der Waals surface area contributed by atoms with Crippen molar-refractivity contribution < 1.29 is 14.6 Å². The molecule has 3 nitrogen and oxygen atoms in total. The first-order valence-electron chi connectivity index (χ1n) is 6.51. The van der Waals surface area contributed by atoms with Gasteiger partial charge in [0.05, 0.1) is 14.2 Å². The van der Waals surface area contributed by atoms with Crippen molar-refractivity contribution in [2.24, 2.45) is 0 Å². The summed E-state index contributed by atoms with van der Waals surface area (Å²) in [4.78, 5) is 0. The van der Waals surface area contributed by atoms with Gasteiger partial charge in [-0.3, -0.25) is 0 Å². The van der Waals surface area contributed by atoms with E-state index in [1.807, 2.05) is 24.3 Å². The number of phenolic OH excluding ortho intramolecular Hbond substituents is 1. The number of rotatable bonds is 4. The summed E-state index contributed by atoms with van der Waals surface area (Å²) in [7, 11) is 1.33. The first-order chi connectivity index (χ1) is 9.50. The van der Waals surface area contributed by atoms with E-state index in [1.165, 1.54) is 5.19 Å². The van der Waals surface area contributed by atoms with Crippen molar-refractivity contribution in [3.63, 3.8) is 0 Å². The molecule has 0 aliphatic carbocycles. The summed E-state index contributed by atoms with van der Waals surface area (Å²) in [5.41, 5.74) is 0. The molecule has 0 unspecified atom stereocenters. The summed E-state index contributed by atoms with van der Waals surface area (Å²) >= 11 is 0. The van der Waals surface area contributed by atoms with Crippen LogP contribution in [0, 0.1) is 0 Å². The number of hydrogen-bond acceptors (Lipinski definition) is 3. The van der Waals surface area contributed by atoms with Gasteiger partial charge in [0.2, 0.25) is 0 Å². The minimum atomic E-state index is -1.93. The molecule has 2 aromatic rings. The predicted molar refractivity (Wildman–Crippen MR) is 84.4 cm³/mol. The second-order valence-electron chi connectivity index (χ2n) is 5.21. The summed E-state index contributed by atoms with van der Waals surface area (Å²) in [5.74, 6) is 1.63. The van der Waals surface area contributed by atoms with Crippen molar-refractivity contribution in [2.45, 2.75) is 13.1 Å². The Morgan fingerprint density at radius 2 is 1.55 bits per heavy atom. The monoisotopic (exact) mass is 288 g/mol. The summed E-state index contributed by atoms with van der Waals surface area (Å²) in [6.45, 7) is 4.48. The molecule has 0 amide bonds. The van der Waals surface area contributed by atoms with E-state index in [0.29, 0.717) is 5.75 Å². The molecule has 0 radical (unpaired) electrons. The Morgan fingerprint density at radius 3 is 2.10 bits per heavy atom. The molecule has 0 atom stereocenters. The Morgan fingerprint density at radius 1 is 0.900 bits per heavy atom. The van der Waals surface area contributed by atoms with Crippen LogP contribution in [0.3, 0.4) is 0 Å². The third-order valence-corrected chi connectivity index (χ3v) is 7.20. The Bertz CT molecular complexity index is 591. The highest BCUT2D eigenvalue weighted by Crippen LogP contribution is 2.25. The predicted octanol–water partition coefficient (Wildman–Crippen LogP) is 2.23. The molecule has 20 heavy (non-hydrogen) atoms. The normalized spacial score (nSPS) is 11.2. The van der Waals surface area contributed by atoms with Crippen LogP contribution in [0.4, 0.5) is 0 Å². The third-order valence-electron chi connectivity index (χ3n) is 3.68. The van der Waals surface area contributed by atoms with Gasteiger partial charge in [0.1, 0.15) is 13.8 Å². The molecular formula is C16H20O3Si. The van der Waals surface area contributed by atoms with Crippen LogP contribution in [0.5, 0.6) is 17.2 Å². The lowest BCUT2D eigenvalue weighted by Crippen LogP contribution is -2.53. The fourth-order valence-electron chi connectivity index (χ4n) is 2.39. The Kier molecular flexibility index (Phi) is 4.04. The first-order valence-corrected chi connectivity index (χ1v) is 9.51. The van der Waals surface area contributed by atoms with Crippen LogP contribution in [0.2, 0.25) is 13.1 Å². The molecular weight excluding hydrogens is 268 g/mol. The number of para-hydroxylation sites is 1. The average molecular weight is 288 g/mol. The lowest BCUT2D eigenvalue weighted by atomic mass is 10.3. The molecule has 106 valence electrons. The van der Waals surface area contributed by atoms with E-state index in [9.17, 15) is 5.11 Å². The zero-order chi connectivity index (χ0) is 14.8. The third kappa shape index (κ3) is 2.51. The average Bonchev–Trinajstić information content (AvgIpc) is 2.47. The van der Waals surface area contributed by atoms with Crippen LogP contribution in [0.15, 0.2) is 42.5 Å². The topological polar surface area (TPSA) is 38.7 Å². The minimum Gasteiger partial charge on any atom is -0.504 e. The molecule has 2 aromatic carbocycles. The maximum Gasteiger partial charge on any atom is 0.160 e. The van der Waals surface area contributed by atoms with Crippen molar-refractivity contribution in [3.8, 4) is 17.2 Å².